The van der Waals surface area contributed by atoms with Gasteiger partial charge in [0.05, 0.1) is 12.3 Å². The summed E-state index contributed by atoms with van der Waals surface area (Å²) in [5, 5.41) is 3.83. The van der Waals surface area contributed by atoms with Crippen LogP contribution in [-0.4, -0.2) is 47.1 Å². The molecule has 0 atom stereocenters. The smallest absolute Gasteiger partial charge is 0.257 e. The van der Waals surface area contributed by atoms with Crippen LogP contribution in [0.15, 0.2) is 27.8 Å². The second-order valence-electron chi connectivity index (χ2n) is 5.47. The van der Waals surface area contributed by atoms with E-state index in [4.69, 9.17) is 16.0 Å². The first-order chi connectivity index (χ1) is 11.0. The zero-order valence-corrected chi connectivity index (χ0v) is 14.1. The molecule has 3 rings (SSSR count). The van der Waals surface area contributed by atoms with Gasteiger partial charge < -0.3 is 14.6 Å². The molecule has 2 aromatic rings. The monoisotopic (exact) mass is 353 g/mol. The van der Waals surface area contributed by atoms with E-state index < -0.39 is 0 Å². The Morgan fingerprint density at radius 3 is 3.00 bits per heavy atom. The number of amides is 2. The number of thioether (sulfide) groups is 1. The summed E-state index contributed by atoms with van der Waals surface area (Å²) in [6, 6.07) is 5.48. The predicted molar refractivity (Wildman–Crippen MR) is 88.5 cm³/mol. The van der Waals surface area contributed by atoms with Gasteiger partial charge in [0.1, 0.15) is 5.52 Å². The van der Waals surface area contributed by atoms with Gasteiger partial charge in [-0.1, -0.05) is 23.4 Å². The standard InChI is InChI=1S/C15H16ClN3O3S/c1-19(7-13(20)17-10-3-4-10)14(21)8-23-15-18-11-5-2-9(16)6-12(11)22-15/h2,5-6,10H,3-4,7-8H2,1H3,(H,17,20). The average Bonchev–Trinajstić information content (AvgIpc) is 3.21. The summed E-state index contributed by atoms with van der Waals surface area (Å²) < 4.78 is 5.54. The van der Waals surface area contributed by atoms with Crippen LogP contribution in [0.2, 0.25) is 5.02 Å². The highest BCUT2D eigenvalue weighted by Crippen LogP contribution is 2.25. The van der Waals surface area contributed by atoms with Crippen molar-refractivity contribution in [3.63, 3.8) is 0 Å². The first-order valence-corrected chi connectivity index (χ1v) is 8.60. The molecule has 0 saturated heterocycles. The summed E-state index contributed by atoms with van der Waals surface area (Å²) in [6.45, 7) is 0.0685. The van der Waals surface area contributed by atoms with E-state index in [-0.39, 0.29) is 24.1 Å². The van der Waals surface area contributed by atoms with Gasteiger partial charge >= 0.3 is 0 Å². The normalized spacial score (nSPS) is 14.0. The molecule has 1 aliphatic carbocycles. The number of benzene rings is 1. The van der Waals surface area contributed by atoms with E-state index in [0.717, 1.165) is 12.8 Å². The summed E-state index contributed by atoms with van der Waals surface area (Å²) in [6.07, 6.45) is 2.06. The van der Waals surface area contributed by atoms with Gasteiger partial charge in [0, 0.05) is 24.2 Å². The van der Waals surface area contributed by atoms with E-state index in [2.05, 4.69) is 10.3 Å². The summed E-state index contributed by atoms with van der Waals surface area (Å²) >= 11 is 7.09. The van der Waals surface area contributed by atoms with Crippen molar-refractivity contribution in [1.82, 2.24) is 15.2 Å². The Kier molecular flexibility index (Phi) is 4.77. The Balaban J connectivity index is 1.51. The maximum atomic E-state index is 12.1. The van der Waals surface area contributed by atoms with Crippen molar-refractivity contribution in [2.75, 3.05) is 19.3 Å². The summed E-state index contributed by atoms with van der Waals surface area (Å²) in [7, 11) is 1.61. The van der Waals surface area contributed by atoms with Gasteiger partial charge in [0.25, 0.3) is 5.22 Å². The number of halogens is 1. The lowest BCUT2D eigenvalue weighted by atomic mass is 10.3. The van der Waals surface area contributed by atoms with Crippen molar-refractivity contribution < 1.29 is 14.0 Å². The molecule has 1 aliphatic rings. The predicted octanol–water partition coefficient (Wildman–Crippen LogP) is 2.31. The fourth-order valence-electron chi connectivity index (χ4n) is 1.98. The molecule has 8 heteroatoms. The van der Waals surface area contributed by atoms with Gasteiger partial charge in [-0.2, -0.15) is 0 Å². The second kappa shape index (κ2) is 6.80. The number of carbonyl (C=O) groups excluding carboxylic acids is 2. The number of hydrogen-bond acceptors (Lipinski definition) is 5. The van der Waals surface area contributed by atoms with Crippen molar-refractivity contribution in [2.45, 2.75) is 24.1 Å². The van der Waals surface area contributed by atoms with Crippen LogP contribution in [-0.2, 0) is 9.59 Å². The number of nitrogens with zero attached hydrogens (tertiary/aromatic N) is 2. The van der Waals surface area contributed by atoms with Crippen LogP contribution in [0.3, 0.4) is 0 Å². The van der Waals surface area contributed by atoms with Crippen LogP contribution in [0.5, 0.6) is 0 Å². The maximum absolute atomic E-state index is 12.1. The molecule has 1 saturated carbocycles. The van der Waals surface area contributed by atoms with Crippen molar-refractivity contribution in [2.24, 2.45) is 0 Å². The molecule has 0 aliphatic heterocycles. The molecule has 0 bridgehead atoms. The molecule has 0 unspecified atom stereocenters. The van der Waals surface area contributed by atoms with Crippen LogP contribution in [0.1, 0.15) is 12.8 Å². The molecule has 6 nitrogen and oxygen atoms in total. The molecule has 1 N–H and O–H groups in total. The molecular weight excluding hydrogens is 338 g/mol. The van der Waals surface area contributed by atoms with E-state index in [0.29, 0.717) is 27.4 Å². The Hall–Kier alpha value is -1.73. The molecule has 23 heavy (non-hydrogen) atoms. The van der Waals surface area contributed by atoms with Crippen molar-refractivity contribution in [3.8, 4) is 0 Å². The zero-order valence-electron chi connectivity index (χ0n) is 12.5. The minimum absolute atomic E-state index is 0.0685. The lowest BCUT2D eigenvalue weighted by molar-refractivity contribution is -0.132. The van der Waals surface area contributed by atoms with Gasteiger partial charge in [-0.05, 0) is 25.0 Å². The van der Waals surface area contributed by atoms with Crippen molar-refractivity contribution in [3.05, 3.63) is 23.2 Å². The van der Waals surface area contributed by atoms with E-state index >= 15 is 0 Å². The minimum Gasteiger partial charge on any atom is -0.431 e. The van der Waals surface area contributed by atoms with Crippen LogP contribution in [0.25, 0.3) is 11.1 Å². The molecule has 1 fully saturated rings. The van der Waals surface area contributed by atoms with E-state index in [1.165, 1.54) is 16.7 Å². The minimum atomic E-state index is -0.152. The number of carbonyl (C=O) groups is 2. The topological polar surface area (TPSA) is 75.4 Å². The number of rotatable bonds is 6. The highest BCUT2D eigenvalue weighted by Gasteiger charge is 2.24. The lowest BCUT2D eigenvalue weighted by Crippen LogP contribution is -2.39. The molecule has 0 spiro atoms. The van der Waals surface area contributed by atoms with Gasteiger partial charge in [-0.25, -0.2) is 4.98 Å². The van der Waals surface area contributed by atoms with Crippen LogP contribution < -0.4 is 5.32 Å². The molecule has 122 valence electrons. The Morgan fingerprint density at radius 1 is 1.48 bits per heavy atom. The summed E-state index contributed by atoms with van der Waals surface area (Å²) in [4.78, 5) is 29.4. The quantitative estimate of drug-likeness (QED) is 0.806. The lowest BCUT2D eigenvalue weighted by Gasteiger charge is -2.15. The maximum Gasteiger partial charge on any atom is 0.257 e. The number of fused-ring (bicyclic) bond motifs is 1. The zero-order chi connectivity index (χ0) is 16.4. The molecule has 1 heterocycles. The second-order valence-corrected chi connectivity index (χ2v) is 6.84. The van der Waals surface area contributed by atoms with Crippen LogP contribution >= 0.6 is 23.4 Å². The van der Waals surface area contributed by atoms with E-state index in [1.54, 1.807) is 25.2 Å². The number of likely N-dealkylation sites (N-methyl/N-ethyl adjacent to an activating group) is 1. The number of hydrogen-bond donors (Lipinski definition) is 1. The Labute approximate surface area is 142 Å². The highest BCUT2D eigenvalue weighted by molar-refractivity contribution is 7.99. The molecule has 1 aromatic heterocycles. The average molecular weight is 354 g/mol. The number of aromatic nitrogens is 1. The third-order valence-electron chi connectivity index (χ3n) is 3.40. The molecular formula is C15H16ClN3O3S. The largest absolute Gasteiger partial charge is 0.431 e. The SMILES string of the molecule is CN(CC(=O)NC1CC1)C(=O)CSc1nc2ccc(Cl)cc2o1. The van der Waals surface area contributed by atoms with E-state index in [9.17, 15) is 9.59 Å². The number of oxazole rings is 1. The molecule has 0 radical (unpaired) electrons. The summed E-state index contributed by atoms with van der Waals surface area (Å²) in [5.74, 6) is -0.112. The van der Waals surface area contributed by atoms with Gasteiger partial charge in [0.15, 0.2) is 5.58 Å². The van der Waals surface area contributed by atoms with Gasteiger partial charge in [0.2, 0.25) is 11.8 Å². The first kappa shape index (κ1) is 16.1. The Bertz CT molecular complexity index is 745. The number of nitrogens with one attached hydrogen (secondary N) is 1. The van der Waals surface area contributed by atoms with Crippen molar-refractivity contribution in [1.29, 1.82) is 0 Å². The molecule has 1 aromatic carbocycles. The fraction of sp³-hybridized carbons (Fsp3) is 0.400. The highest BCUT2D eigenvalue weighted by atomic mass is 35.5. The van der Waals surface area contributed by atoms with E-state index in [1.807, 2.05) is 0 Å². The van der Waals surface area contributed by atoms with Gasteiger partial charge in [-0.3, -0.25) is 9.59 Å². The van der Waals surface area contributed by atoms with Gasteiger partial charge in [-0.15, -0.1) is 0 Å². The third-order valence-corrected chi connectivity index (χ3v) is 4.45. The third kappa shape index (κ3) is 4.39. The first-order valence-electron chi connectivity index (χ1n) is 7.23. The van der Waals surface area contributed by atoms with Crippen LogP contribution in [0, 0.1) is 0 Å². The van der Waals surface area contributed by atoms with Crippen LogP contribution in [0.4, 0.5) is 0 Å². The van der Waals surface area contributed by atoms with Crippen molar-refractivity contribution >= 4 is 46.3 Å². The Morgan fingerprint density at radius 2 is 2.26 bits per heavy atom. The molecule has 2 amide bonds. The fourth-order valence-corrected chi connectivity index (χ4v) is 2.92. The summed E-state index contributed by atoms with van der Waals surface area (Å²) in [5.41, 5.74) is 1.28.